The summed E-state index contributed by atoms with van der Waals surface area (Å²) in [6, 6.07) is 1.71. The van der Waals surface area contributed by atoms with E-state index in [1.807, 2.05) is 0 Å². The minimum atomic E-state index is -2.26. The van der Waals surface area contributed by atoms with Crippen molar-refractivity contribution in [3.05, 3.63) is 29.3 Å². The topological polar surface area (TPSA) is 57.5 Å². The molecular formula is C7H5BF2O3. The fourth-order valence-electron chi connectivity index (χ4n) is 0.914. The Balaban J connectivity index is 3.38. The number of hydrogen-bond acceptors (Lipinski definition) is 3. The van der Waals surface area contributed by atoms with Gasteiger partial charge in [-0.15, -0.1) is 0 Å². The van der Waals surface area contributed by atoms with Crippen LogP contribution in [0.4, 0.5) is 8.78 Å². The van der Waals surface area contributed by atoms with Gasteiger partial charge in [-0.3, -0.25) is 4.79 Å². The van der Waals surface area contributed by atoms with Crippen LogP contribution in [0.3, 0.4) is 0 Å². The molecule has 0 atom stereocenters. The van der Waals surface area contributed by atoms with E-state index >= 15 is 0 Å². The van der Waals surface area contributed by atoms with Crippen LogP contribution in [0.2, 0.25) is 0 Å². The Morgan fingerprint density at radius 1 is 1.31 bits per heavy atom. The van der Waals surface area contributed by atoms with Gasteiger partial charge in [0.1, 0.15) is 11.6 Å². The normalized spacial score (nSPS) is 9.85. The summed E-state index contributed by atoms with van der Waals surface area (Å²) in [5, 5.41) is 17.1. The van der Waals surface area contributed by atoms with Crippen molar-refractivity contribution in [1.29, 1.82) is 0 Å². The predicted molar refractivity (Wildman–Crippen MR) is 41.6 cm³/mol. The predicted octanol–water partition coefficient (Wildman–Crippen LogP) is -0.543. The highest BCUT2D eigenvalue weighted by Crippen LogP contribution is 2.05. The van der Waals surface area contributed by atoms with E-state index in [4.69, 9.17) is 10.0 Å². The lowest BCUT2D eigenvalue weighted by molar-refractivity contribution is 0.112. The molecule has 1 aromatic carbocycles. The van der Waals surface area contributed by atoms with Gasteiger partial charge < -0.3 is 10.0 Å². The quantitative estimate of drug-likeness (QED) is 0.481. The Morgan fingerprint density at radius 2 is 1.92 bits per heavy atom. The Kier molecular flexibility index (Phi) is 2.74. The highest BCUT2D eigenvalue weighted by Gasteiger charge is 2.23. The van der Waals surface area contributed by atoms with Crippen LogP contribution in [-0.4, -0.2) is 23.5 Å². The summed E-state index contributed by atoms with van der Waals surface area (Å²) in [4.78, 5) is 10.2. The number of benzene rings is 1. The molecule has 1 aromatic rings. The maximum atomic E-state index is 13.0. The van der Waals surface area contributed by atoms with Gasteiger partial charge in [-0.25, -0.2) is 8.78 Å². The lowest BCUT2D eigenvalue weighted by Gasteiger charge is -2.04. The highest BCUT2D eigenvalue weighted by atomic mass is 19.1. The summed E-state index contributed by atoms with van der Waals surface area (Å²) in [5.41, 5.74) is -1.32. The van der Waals surface area contributed by atoms with Crippen molar-refractivity contribution >= 4 is 18.9 Å². The zero-order valence-corrected chi connectivity index (χ0v) is 6.37. The van der Waals surface area contributed by atoms with Crippen LogP contribution in [0.15, 0.2) is 12.1 Å². The summed E-state index contributed by atoms with van der Waals surface area (Å²) in [5.74, 6) is -2.34. The molecule has 0 aromatic heterocycles. The molecule has 0 spiro atoms. The van der Waals surface area contributed by atoms with Crippen molar-refractivity contribution in [2.45, 2.75) is 0 Å². The van der Waals surface area contributed by atoms with Gasteiger partial charge in [-0.1, -0.05) is 0 Å². The van der Waals surface area contributed by atoms with Crippen LogP contribution < -0.4 is 5.46 Å². The first-order valence-corrected chi connectivity index (χ1v) is 3.37. The van der Waals surface area contributed by atoms with Crippen molar-refractivity contribution in [1.82, 2.24) is 0 Å². The first-order valence-electron chi connectivity index (χ1n) is 3.37. The first-order chi connectivity index (χ1) is 6.07. The van der Waals surface area contributed by atoms with Crippen LogP contribution in [0.1, 0.15) is 10.4 Å². The van der Waals surface area contributed by atoms with Gasteiger partial charge in [0.2, 0.25) is 0 Å². The van der Waals surface area contributed by atoms with Crippen LogP contribution in [0.5, 0.6) is 0 Å². The lowest BCUT2D eigenvalue weighted by Crippen LogP contribution is -2.36. The Morgan fingerprint density at radius 3 is 2.38 bits per heavy atom. The van der Waals surface area contributed by atoms with Gasteiger partial charge >= 0.3 is 7.12 Å². The second kappa shape index (κ2) is 3.63. The van der Waals surface area contributed by atoms with E-state index in [0.29, 0.717) is 0 Å². The summed E-state index contributed by atoms with van der Waals surface area (Å²) >= 11 is 0. The molecule has 6 heteroatoms. The van der Waals surface area contributed by atoms with Gasteiger partial charge in [0.25, 0.3) is 0 Å². The van der Waals surface area contributed by atoms with Crippen LogP contribution in [0.25, 0.3) is 0 Å². The molecule has 0 aliphatic rings. The molecule has 0 radical (unpaired) electrons. The maximum absolute atomic E-state index is 13.0. The number of rotatable bonds is 2. The van der Waals surface area contributed by atoms with E-state index in [9.17, 15) is 13.6 Å². The largest absolute Gasteiger partial charge is 0.494 e. The van der Waals surface area contributed by atoms with Crippen molar-refractivity contribution in [3.8, 4) is 0 Å². The molecule has 0 aliphatic carbocycles. The lowest BCUT2D eigenvalue weighted by atomic mass is 9.78. The molecule has 0 unspecified atom stereocenters. The van der Waals surface area contributed by atoms with E-state index in [1.165, 1.54) is 0 Å². The van der Waals surface area contributed by atoms with Crippen molar-refractivity contribution in [2.24, 2.45) is 0 Å². The molecule has 0 saturated carbocycles. The highest BCUT2D eigenvalue weighted by molar-refractivity contribution is 6.58. The molecule has 3 nitrogen and oxygen atoms in total. The molecule has 1 rings (SSSR count). The summed E-state index contributed by atoms with van der Waals surface area (Å²) < 4.78 is 25.7. The Bertz CT molecular complexity index is 341. The van der Waals surface area contributed by atoms with Gasteiger partial charge in [-0.2, -0.15) is 0 Å². The average Bonchev–Trinajstić information content (AvgIpc) is 2.04. The number of carbonyl (C=O) groups is 1. The van der Waals surface area contributed by atoms with Crippen molar-refractivity contribution in [2.75, 3.05) is 0 Å². The zero-order valence-electron chi connectivity index (χ0n) is 6.37. The third kappa shape index (κ3) is 1.73. The van der Waals surface area contributed by atoms with E-state index in [1.54, 1.807) is 0 Å². The van der Waals surface area contributed by atoms with Crippen LogP contribution in [-0.2, 0) is 0 Å². The van der Waals surface area contributed by atoms with E-state index in [2.05, 4.69) is 0 Å². The van der Waals surface area contributed by atoms with Crippen molar-refractivity contribution < 1.29 is 23.6 Å². The molecule has 13 heavy (non-hydrogen) atoms. The minimum Gasteiger partial charge on any atom is -0.423 e. The molecule has 2 N–H and O–H groups in total. The molecule has 0 heterocycles. The maximum Gasteiger partial charge on any atom is 0.494 e. The minimum absolute atomic E-state index is 0.167. The summed E-state index contributed by atoms with van der Waals surface area (Å²) in [6.07, 6.45) is 0.167. The van der Waals surface area contributed by atoms with E-state index < -0.39 is 29.8 Å². The van der Waals surface area contributed by atoms with E-state index in [0.717, 1.165) is 12.1 Å². The zero-order chi connectivity index (χ0) is 10.0. The molecule has 0 aliphatic heterocycles. The van der Waals surface area contributed by atoms with Crippen molar-refractivity contribution in [3.63, 3.8) is 0 Å². The third-order valence-electron chi connectivity index (χ3n) is 1.54. The number of hydrogen-bond donors (Lipinski definition) is 2. The van der Waals surface area contributed by atoms with Gasteiger partial charge in [0.15, 0.2) is 6.29 Å². The molecule has 0 bridgehead atoms. The van der Waals surface area contributed by atoms with Gasteiger partial charge in [0.05, 0.1) is 5.46 Å². The monoisotopic (exact) mass is 186 g/mol. The van der Waals surface area contributed by atoms with Crippen LogP contribution in [0, 0.1) is 11.6 Å². The number of carbonyl (C=O) groups excluding carboxylic acids is 1. The third-order valence-corrected chi connectivity index (χ3v) is 1.54. The fraction of sp³-hybridized carbons (Fsp3) is 0. The number of halogens is 2. The molecule has 68 valence electrons. The summed E-state index contributed by atoms with van der Waals surface area (Å²) in [6.45, 7) is 0. The fourth-order valence-corrected chi connectivity index (χ4v) is 0.914. The Hall–Kier alpha value is -1.27. The smallest absolute Gasteiger partial charge is 0.423 e. The summed E-state index contributed by atoms with van der Waals surface area (Å²) in [7, 11) is -2.26. The standard InChI is InChI=1S/C7H5BF2O3/c9-5-2-1-4(3-11)7(10)6(5)8(12)13/h1-3,12-13H. The average molecular weight is 186 g/mol. The van der Waals surface area contributed by atoms with Crippen LogP contribution >= 0.6 is 0 Å². The Labute approximate surface area is 72.8 Å². The molecule has 0 saturated heterocycles. The molecule has 0 fully saturated rings. The first kappa shape index (κ1) is 9.82. The molecular weight excluding hydrogens is 181 g/mol. The second-order valence-electron chi connectivity index (χ2n) is 2.36. The number of aldehydes is 1. The second-order valence-corrected chi connectivity index (χ2v) is 2.36. The SMILES string of the molecule is O=Cc1ccc(F)c(B(O)O)c1F. The van der Waals surface area contributed by atoms with Gasteiger partial charge in [-0.05, 0) is 12.1 Å². The molecule has 0 amide bonds. The van der Waals surface area contributed by atoms with Gasteiger partial charge in [0, 0.05) is 5.56 Å². The van der Waals surface area contributed by atoms with E-state index in [-0.39, 0.29) is 6.29 Å².